The summed E-state index contributed by atoms with van der Waals surface area (Å²) in [5.74, 6) is -1.52. The van der Waals surface area contributed by atoms with E-state index in [0.29, 0.717) is 0 Å². The second-order valence-corrected chi connectivity index (χ2v) is 7.93. The third-order valence-corrected chi connectivity index (χ3v) is 5.50. The van der Waals surface area contributed by atoms with Gasteiger partial charge in [-0.3, -0.25) is 23.8 Å². The Morgan fingerprint density at radius 3 is 2.43 bits per heavy atom. The average molecular weight is 435 g/mol. The summed E-state index contributed by atoms with van der Waals surface area (Å²) in [6.45, 7) is 1.46. The minimum Gasteiger partial charge on any atom is -0.422 e. The lowest BCUT2D eigenvalue weighted by molar-refractivity contribution is -0.137. The Kier molecular flexibility index (Phi) is 5.46. The van der Waals surface area contributed by atoms with Crippen molar-refractivity contribution in [3.63, 3.8) is 0 Å². The molecular weight excluding hydrogens is 418 g/mol. The van der Waals surface area contributed by atoms with Gasteiger partial charge in [0, 0.05) is 36.7 Å². The topological polar surface area (TPSA) is 177 Å². The van der Waals surface area contributed by atoms with Crippen molar-refractivity contribution in [3.8, 4) is 0 Å². The highest BCUT2D eigenvalue weighted by Crippen LogP contribution is 2.28. The van der Waals surface area contributed by atoms with Gasteiger partial charge in [0.2, 0.25) is 5.91 Å². The summed E-state index contributed by atoms with van der Waals surface area (Å²) < 4.78 is 37.4. The van der Waals surface area contributed by atoms with Gasteiger partial charge in [0.25, 0.3) is 21.9 Å². The summed E-state index contributed by atoms with van der Waals surface area (Å²) in [5, 5.41) is 2.69. The highest BCUT2D eigenvalue weighted by Gasteiger charge is 2.23. The first-order chi connectivity index (χ1) is 14.0. The first-order valence-corrected chi connectivity index (χ1v) is 10.1. The van der Waals surface area contributed by atoms with E-state index < -0.39 is 38.4 Å². The predicted molar refractivity (Wildman–Crippen MR) is 104 cm³/mol. The molecule has 0 saturated carbocycles. The number of imide groups is 1. The molecule has 0 spiro atoms. The lowest BCUT2D eigenvalue weighted by Gasteiger charge is -2.14. The quantitative estimate of drug-likeness (QED) is 0.234. The first-order valence-electron chi connectivity index (χ1n) is 8.62. The van der Waals surface area contributed by atoms with E-state index in [9.17, 15) is 32.1 Å². The molecule has 3 amide bonds. The molecule has 12 heteroatoms. The fourth-order valence-corrected chi connectivity index (χ4v) is 3.66. The number of hydrogen-bond acceptors (Lipinski definition) is 8. The molecule has 2 aromatic rings. The smallest absolute Gasteiger partial charge is 0.340 e. The fourth-order valence-electron chi connectivity index (χ4n) is 3.04. The Hall–Kier alpha value is -3.51. The number of aryl methyl sites for hydroxylation is 1. The van der Waals surface area contributed by atoms with E-state index in [-0.39, 0.29) is 47.3 Å². The zero-order valence-electron chi connectivity index (χ0n) is 15.7. The van der Waals surface area contributed by atoms with Crippen molar-refractivity contribution in [1.82, 2.24) is 10.2 Å². The molecule has 0 bridgehead atoms. The molecule has 1 aromatic heterocycles. The SMILES string of the molecule is Cc1c(CC(=O)NCCN2C(=O)C=CC2=O)c(=O)oc2cc(N)c(S(=O)(=O)O)cc12. The van der Waals surface area contributed by atoms with Crippen LogP contribution in [0.15, 0.2) is 38.4 Å². The lowest BCUT2D eigenvalue weighted by atomic mass is 10.0. The summed E-state index contributed by atoms with van der Waals surface area (Å²) >= 11 is 0. The van der Waals surface area contributed by atoms with Crippen LogP contribution in [0.2, 0.25) is 0 Å². The number of nitrogens with one attached hydrogen (secondary N) is 1. The number of carbonyl (C=O) groups excluding carboxylic acids is 3. The van der Waals surface area contributed by atoms with Crippen LogP contribution in [0.1, 0.15) is 11.1 Å². The molecule has 2 heterocycles. The van der Waals surface area contributed by atoms with Crippen molar-refractivity contribution >= 4 is 44.5 Å². The molecule has 11 nitrogen and oxygen atoms in total. The molecule has 1 aliphatic rings. The molecule has 158 valence electrons. The van der Waals surface area contributed by atoms with Crippen molar-refractivity contribution < 1.29 is 31.8 Å². The molecule has 0 radical (unpaired) electrons. The summed E-state index contributed by atoms with van der Waals surface area (Å²) in [6.07, 6.45) is 1.87. The van der Waals surface area contributed by atoms with Gasteiger partial charge >= 0.3 is 5.63 Å². The Morgan fingerprint density at radius 1 is 1.20 bits per heavy atom. The Morgan fingerprint density at radius 2 is 1.83 bits per heavy atom. The molecule has 0 atom stereocenters. The predicted octanol–water partition coefficient (Wildman–Crippen LogP) is -0.486. The number of nitrogen functional groups attached to an aromatic ring is 1. The van der Waals surface area contributed by atoms with E-state index in [1.54, 1.807) is 0 Å². The maximum absolute atomic E-state index is 12.3. The van der Waals surface area contributed by atoms with Gasteiger partial charge in [0.15, 0.2) is 0 Å². The molecule has 0 unspecified atom stereocenters. The normalized spacial score (nSPS) is 14.0. The minimum absolute atomic E-state index is 0.00474. The molecule has 0 aliphatic carbocycles. The molecule has 30 heavy (non-hydrogen) atoms. The number of hydrogen-bond donors (Lipinski definition) is 3. The van der Waals surface area contributed by atoms with Crippen LogP contribution < -0.4 is 16.7 Å². The minimum atomic E-state index is -4.61. The van der Waals surface area contributed by atoms with Gasteiger partial charge in [-0.05, 0) is 18.6 Å². The van der Waals surface area contributed by atoms with Crippen LogP contribution in [0.25, 0.3) is 11.0 Å². The lowest BCUT2D eigenvalue weighted by Crippen LogP contribution is -2.39. The fraction of sp³-hybridized carbons (Fsp3) is 0.222. The Labute approximate surface area is 169 Å². The summed E-state index contributed by atoms with van der Waals surface area (Å²) in [5.41, 5.74) is 4.78. The first kappa shape index (κ1) is 21.2. The van der Waals surface area contributed by atoms with Gasteiger partial charge in [0.1, 0.15) is 10.5 Å². The highest BCUT2D eigenvalue weighted by atomic mass is 32.2. The summed E-state index contributed by atoms with van der Waals surface area (Å²) in [4.78, 5) is 47.9. The van der Waals surface area contributed by atoms with E-state index in [2.05, 4.69) is 5.32 Å². The van der Waals surface area contributed by atoms with Crippen LogP contribution >= 0.6 is 0 Å². The molecule has 1 aromatic carbocycles. The summed E-state index contributed by atoms with van der Waals surface area (Å²) in [7, 11) is -4.61. The van der Waals surface area contributed by atoms with Gasteiger partial charge in [-0.25, -0.2) is 4.79 Å². The number of rotatable bonds is 6. The van der Waals surface area contributed by atoms with E-state index in [1.165, 1.54) is 6.92 Å². The monoisotopic (exact) mass is 435 g/mol. The van der Waals surface area contributed by atoms with Gasteiger partial charge < -0.3 is 15.5 Å². The van der Waals surface area contributed by atoms with Gasteiger partial charge in [-0.15, -0.1) is 0 Å². The van der Waals surface area contributed by atoms with E-state index in [4.69, 9.17) is 10.2 Å². The van der Waals surface area contributed by atoms with Crippen molar-refractivity contribution in [1.29, 1.82) is 0 Å². The third-order valence-electron chi connectivity index (χ3n) is 4.59. The third kappa shape index (κ3) is 4.09. The number of amides is 3. The molecule has 0 fully saturated rings. The second kappa shape index (κ2) is 7.72. The zero-order valence-corrected chi connectivity index (χ0v) is 16.5. The molecule has 3 rings (SSSR count). The van der Waals surface area contributed by atoms with Gasteiger partial charge in [-0.2, -0.15) is 8.42 Å². The zero-order chi connectivity index (χ0) is 22.2. The largest absolute Gasteiger partial charge is 0.422 e. The number of nitrogens with two attached hydrogens (primary N) is 1. The summed E-state index contributed by atoms with van der Waals surface area (Å²) in [6, 6.07) is 2.17. The molecule has 4 N–H and O–H groups in total. The van der Waals surface area contributed by atoms with Crippen molar-refractivity contribution in [3.05, 3.63) is 45.8 Å². The standard InChI is InChI=1S/C18H17N3O8S/c1-9-10-6-14(30(26,27)28)12(19)8-13(10)29-18(25)11(9)7-15(22)20-4-5-21-16(23)2-3-17(21)24/h2-3,6,8H,4-5,7,19H2,1H3,(H,20,22)(H,26,27,28). The number of benzene rings is 1. The number of anilines is 1. The number of fused-ring (bicyclic) bond motifs is 1. The van der Waals surface area contributed by atoms with Crippen LogP contribution in [0.3, 0.4) is 0 Å². The second-order valence-electron chi connectivity index (χ2n) is 6.54. The Bertz CT molecular complexity index is 1260. The van der Waals surface area contributed by atoms with Crippen molar-refractivity contribution in [2.75, 3.05) is 18.8 Å². The maximum Gasteiger partial charge on any atom is 0.340 e. The van der Waals surface area contributed by atoms with E-state index in [1.807, 2.05) is 0 Å². The average Bonchev–Trinajstić information content (AvgIpc) is 2.95. The molecule has 1 aliphatic heterocycles. The van der Waals surface area contributed by atoms with Crippen molar-refractivity contribution in [2.24, 2.45) is 0 Å². The molecule has 0 saturated heterocycles. The Balaban J connectivity index is 1.81. The number of nitrogens with zero attached hydrogens (tertiary/aromatic N) is 1. The maximum atomic E-state index is 12.3. The molecular formula is C18H17N3O8S. The number of carbonyl (C=O) groups is 3. The van der Waals surface area contributed by atoms with Crippen molar-refractivity contribution in [2.45, 2.75) is 18.2 Å². The van der Waals surface area contributed by atoms with Crippen LogP contribution in [-0.2, 0) is 30.9 Å². The van der Waals surface area contributed by atoms with E-state index >= 15 is 0 Å². The van der Waals surface area contributed by atoms with Crippen LogP contribution in [0.5, 0.6) is 0 Å². The van der Waals surface area contributed by atoms with Crippen LogP contribution in [0.4, 0.5) is 5.69 Å². The van der Waals surface area contributed by atoms with Gasteiger partial charge in [0.05, 0.1) is 17.7 Å². The van der Waals surface area contributed by atoms with E-state index in [0.717, 1.165) is 29.2 Å². The highest BCUT2D eigenvalue weighted by molar-refractivity contribution is 7.86. The van der Waals surface area contributed by atoms with Gasteiger partial charge in [-0.1, -0.05) is 0 Å². The van der Waals surface area contributed by atoms with Crippen LogP contribution in [-0.4, -0.2) is 48.7 Å². The van der Waals surface area contributed by atoms with Crippen LogP contribution in [0, 0.1) is 6.92 Å².